The predicted molar refractivity (Wildman–Crippen MR) is 49.3 cm³/mol. The molecule has 4 nitrogen and oxygen atoms in total. The highest BCUT2D eigenvalue weighted by molar-refractivity contribution is 5.88. The number of aromatic carboxylic acids is 1. The molecule has 1 heterocycles. The van der Waals surface area contributed by atoms with Gasteiger partial charge in [0.1, 0.15) is 11.0 Å². The molecule has 0 bridgehead atoms. The minimum Gasteiger partial charge on any atom is -0.475 e. The van der Waals surface area contributed by atoms with Crippen LogP contribution < -0.4 is 5.43 Å². The maximum absolute atomic E-state index is 13.2. The van der Waals surface area contributed by atoms with Gasteiger partial charge >= 0.3 is 5.97 Å². The van der Waals surface area contributed by atoms with Gasteiger partial charge in [0.05, 0.1) is 0 Å². The summed E-state index contributed by atoms with van der Waals surface area (Å²) in [6.07, 6.45) is 0. The Hall–Kier alpha value is -2.38. The van der Waals surface area contributed by atoms with Crippen LogP contribution in [0.3, 0.4) is 0 Å². The Labute approximate surface area is 95.1 Å². The van der Waals surface area contributed by atoms with E-state index in [1.165, 1.54) is 0 Å². The topological polar surface area (TPSA) is 67.5 Å². The van der Waals surface area contributed by atoms with Gasteiger partial charge in [0, 0.05) is 6.07 Å². The highest BCUT2D eigenvalue weighted by atomic mass is 19.2. The number of halogens is 4. The van der Waals surface area contributed by atoms with E-state index in [0.29, 0.717) is 0 Å². The Morgan fingerprint density at radius 2 is 1.72 bits per heavy atom. The standard InChI is InChI=1S/C10H2F4O4/c11-2-1-3-4(6(13)5(2)12)8(15)7(14)9(18-3)10(16)17/h1H,(H,16,17). The SMILES string of the molecule is O=C(O)c1oc2cc(F)c(F)c(F)c2c(=O)c1F. The van der Waals surface area contributed by atoms with E-state index in [2.05, 4.69) is 4.42 Å². The fourth-order valence-electron chi connectivity index (χ4n) is 1.37. The number of carbonyl (C=O) groups is 1. The second-order valence-corrected chi connectivity index (χ2v) is 3.24. The zero-order valence-electron chi connectivity index (χ0n) is 8.26. The molecule has 0 saturated heterocycles. The minimum absolute atomic E-state index is 0.265. The summed E-state index contributed by atoms with van der Waals surface area (Å²) < 4.78 is 56.5. The molecule has 0 aliphatic rings. The van der Waals surface area contributed by atoms with Gasteiger partial charge in [0.25, 0.3) is 5.76 Å². The van der Waals surface area contributed by atoms with Crippen molar-refractivity contribution >= 4 is 16.9 Å². The van der Waals surface area contributed by atoms with Crippen LogP contribution in [0.15, 0.2) is 15.3 Å². The van der Waals surface area contributed by atoms with Gasteiger partial charge in [-0.3, -0.25) is 4.79 Å². The first-order chi connectivity index (χ1) is 8.34. The van der Waals surface area contributed by atoms with E-state index in [-0.39, 0.29) is 6.07 Å². The second-order valence-electron chi connectivity index (χ2n) is 3.24. The summed E-state index contributed by atoms with van der Waals surface area (Å²) in [5.74, 6) is -10.8. The van der Waals surface area contributed by atoms with Gasteiger partial charge in [-0.1, -0.05) is 0 Å². The lowest BCUT2D eigenvalue weighted by Crippen LogP contribution is -2.16. The van der Waals surface area contributed by atoms with Crippen molar-refractivity contribution in [3.8, 4) is 0 Å². The molecule has 0 aliphatic heterocycles. The molecule has 1 aromatic carbocycles. The van der Waals surface area contributed by atoms with Gasteiger partial charge in [0.2, 0.25) is 11.2 Å². The van der Waals surface area contributed by atoms with Gasteiger partial charge in [-0.2, -0.15) is 4.39 Å². The van der Waals surface area contributed by atoms with Crippen LogP contribution in [0.5, 0.6) is 0 Å². The van der Waals surface area contributed by atoms with Crippen molar-refractivity contribution in [3.05, 3.63) is 45.3 Å². The van der Waals surface area contributed by atoms with Crippen molar-refractivity contribution in [1.82, 2.24) is 0 Å². The normalized spacial score (nSPS) is 10.9. The van der Waals surface area contributed by atoms with E-state index in [9.17, 15) is 27.2 Å². The average Bonchev–Trinajstić information content (AvgIpc) is 2.30. The molecule has 1 aromatic heterocycles. The van der Waals surface area contributed by atoms with Crippen molar-refractivity contribution in [2.75, 3.05) is 0 Å². The van der Waals surface area contributed by atoms with E-state index in [1.807, 2.05) is 0 Å². The number of carboxylic acid groups (broad SMARTS) is 1. The first-order valence-corrected chi connectivity index (χ1v) is 4.37. The Bertz CT molecular complexity index is 735. The lowest BCUT2D eigenvalue weighted by atomic mass is 10.2. The molecule has 2 aromatic rings. The highest BCUT2D eigenvalue weighted by Gasteiger charge is 2.25. The number of carboxylic acids is 1. The van der Waals surface area contributed by atoms with Crippen LogP contribution in [0.1, 0.15) is 10.6 Å². The molecule has 0 aliphatic carbocycles. The van der Waals surface area contributed by atoms with E-state index < -0.39 is 51.4 Å². The fraction of sp³-hybridized carbons (Fsp3) is 0. The average molecular weight is 262 g/mol. The van der Waals surface area contributed by atoms with Crippen molar-refractivity contribution in [1.29, 1.82) is 0 Å². The first-order valence-electron chi connectivity index (χ1n) is 4.37. The van der Waals surface area contributed by atoms with E-state index in [4.69, 9.17) is 5.11 Å². The molecule has 2 rings (SSSR count). The third-order valence-corrected chi connectivity index (χ3v) is 2.16. The molecule has 0 unspecified atom stereocenters. The number of benzene rings is 1. The molecular formula is C10H2F4O4. The number of rotatable bonds is 1. The third-order valence-electron chi connectivity index (χ3n) is 2.16. The Morgan fingerprint density at radius 1 is 1.11 bits per heavy atom. The summed E-state index contributed by atoms with van der Waals surface area (Å²) in [6, 6.07) is 0.265. The van der Waals surface area contributed by atoms with Crippen molar-refractivity contribution in [3.63, 3.8) is 0 Å². The summed E-state index contributed by atoms with van der Waals surface area (Å²) >= 11 is 0. The molecule has 0 radical (unpaired) electrons. The minimum atomic E-state index is -1.97. The third kappa shape index (κ3) is 1.53. The van der Waals surface area contributed by atoms with E-state index >= 15 is 0 Å². The first kappa shape index (κ1) is 12.1. The molecule has 0 saturated carbocycles. The Kier molecular flexibility index (Phi) is 2.57. The van der Waals surface area contributed by atoms with Crippen molar-refractivity contribution in [2.24, 2.45) is 0 Å². The molecule has 18 heavy (non-hydrogen) atoms. The molecular weight excluding hydrogens is 260 g/mol. The van der Waals surface area contributed by atoms with Gasteiger partial charge in [-0.25, -0.2) is 18.0 Å². The Balaban J connectivity index is 3.05. The zero-order chi connectivity index (χ0) is 13.6. The number of hydrogen-bond acceptors (Lipinski definition) is 3. The molecule has 0 atom stereocenters. The van der Waals surface area contributed by atoms with Crippen LogP contribution in [0.25, 0.3) is 11.0 Å². The lowest BCUT2D eigenvalue weighted by Gasteiger charge is -2.03. The van der Waals surface area contributed by atoms with Crippen molar-refractivity contribution in [2.45, 2.75) is 0 Å². The summed E-state index contributed by atoms with van der Waals surface area (Å²) in [4.78, 5) is 21.8. The maximum Gasteiger partial charge on any atom is 0.375 e. The highest BCUT2D eigenvalue weighted by Crippen LogP contribution is 2.22. The van der Waals surface area contributed by atoms with Crippen LogP contribution in [0, 0.1) is 23.3 Å². The summed E-state index contributed by atoms with van der Waals surface area (Å²) in [7, 11) is 0. The lowest BCUT2D eigenvalue weighted by molar-refractivity contribution is 0.0654. The molecule has 0 amide bonds. The predicted octanol–water partition coefficient (Wildman–Crippen LogP) is 2.05. The van der Waals surface area contributed by atoms with Crippen LogP contribution in [0.2, 0.25) is 0 Å². The van der Waals surface area contributed by atoms with Gasteiger partial charge < -0.3 is 9.52 Å². The van der Waals surface area contributed by atoms with Crippen LogP contribution in [0.4, 0.5) is 17.6 Å². The fourth-order valence-corrected chi connectivity index (χ4v) is 1.37. The molecule has 1 N–H and O–H groups in total. The maximum atomic E-state index is 13.2. The smallest absolute Gasteiger partial charge is 0.375 e. The number of hydrogen-bond donors (Lipinski definition) is 1. The largest absolute Gasteiger partial charge is 0.475 e. The summed E-state index contributed by atoms with van der Waals surface area (Å²) in [6.45, 7) is 0. The van der Waals surface area contributed by atoms with Gasteiger partial charge in [0.15, 0.2) is 17.5 Å². The van der Waals surface area contributed by atoms with Crippen LogP contribution in [-0.2, 0) is 0 Å². The van der Waals surface area contributed by atoms with E-state index in [1.54, 1.807) is 0 Å². The Morgan fingerprint density at radius 3 is 2.28 bits per heavy atom. The van der Waals surface area contributed by atoms with Gasteiger partial charge in [-0.15, -0.1) is 0 Å². The molecule has 0 fully saturated rings. The van der Waals surface area contributed by atoms with Crippen molar-refractivity contribution < 1.29 is 31.9 Å². The van der Waals surface area contributed by atoms with Crippen LogP contribution >= 0.6 is 0 Å². The second kappa shape index (κ2) is 3.83. The zero-order valence-corrected chi connectivity index (χ0v) is 8.26. The van der Waals surface area contributed by atoms with E-state index in [0.717, 1.165) is 0 Å². The molecule has 8 heteroatoms. The number of fused-ring (bicyclic) bond motifs is 1. The summed E-state index contributed by atoms with van der Waals surface area (Å²) in [5.41, 5.74) is -2.61. The molecule has 0 spiro atoms. The monoisotopic (exact) mass is 262 g/mol. The molecule has 94 valence electrons. The van der Waals surface area contributed by atoms with Gasteiger partial charge in [-0.05, 0) is 0 Å². The quantitative estimate of drug-likeness (QED) is 0.630. The van der Waals surface area contributed by atoms with Crippen LogP contribution in [-0.4, -0.2) is 11.1 Å². The summed E-state index contributed by atoms with van der Waals surface area (Å²) in [5, 5.41) is 7.32.